The van der Waals surface area contributed by atoms with Crippen molar-refractivity contribution < 1.29 is 9.84 Å². The monoisotopic (exact) mass is 290 g/mol. The maximum absolute atomic E-state index is 10.3. The summed E-state index contributed by atoms with van der Waals surface area (Å²) in [5.41, 5.74) is 2.31. The molecule has 1 aromatic carbocycles. The Bertz CT molecular complexity index is 399. The molecule has 118 valence electrons. The Morgan fingerprint density at radius 2 is 1.86 bits per heavy atom. The Kier molecular flexibility index (Phi) is 6.72. The van der Waals surface area contributed by atoms with Gasteiger partial charge in [0.15, 0.2) is 0 Å². The van der Waals surface area contributed by atoms with Crippen LogP contribution in [0.1, 0.15) is 69.6 Å². The summed E-state index contributed by atoms with van der Waals surface area (Å²) in [4.78, 5) is 0. The lowest BCUT2D eigenvalue weighted by atomic mass is 9.85. The lowest BCUT2D eigenvalue weighted by molar-refractivity contribution is -0.0514. The molecule has 0 bridgehead atoms. The minimum Gasteiger partial charge on any atom is -0.386 e. The fourth-order valence-electron chi connectivity index (χ4n) is 3.37. The summed E-state index contributed by atoms with van der Waals surface area (Å²) in [5.74, 6) is 0.679. The van der Waals surface area contributed by atoms with Crippen LogP contribution in [-0.4, -0.2) is 17.8 Å². The number of ether oxygens (including phenoxy) is 1. The van der Waals surface area contributed by atoms with E-state index in [-0.39, 0.29) is 0 Å². The highest BCUT2D eigenvalue weighted by molar-refractivity contribution is 5.24. The van der Waals surface area contributed by atoms with Gasteiger partial charge in [0.25, 0.3) is 0 Å². The number of hydrogen-bond donors (Lipinski definition) is 1. The molecular formula is C19H30O2. The third kappa shape index (κ3) is 4.82. The molecule has 1 aromatic rings. The van der Waals surface area contributed by atoms with Crippen molar-refractivity contribution in [2.24, 2.45) is 5.92 Å². The molecule has 2 heteroatoms. The predicted octanol–water partition coefficient (Wildman–Crippen LogP) is 4.66. The van der Waals surface area contributed by atoms with Crippen molar-refractivity contribution in [3.63, 3.8) is 0 Å². The van der Waals surface area contributed by atoms with E-state index in [9.17, 15) is 5.11 Å². The van der Waals surface area contributed by atoms with Gasteiger partial charge in [-0.1, -0.05) is 63.8 Å². The van der Waals surface area contributed by atoms with Crippen LogP contribution in [0.5, 0.6) is 0 Å². The quantitative estimate of drug-likeness (QED) is 0.791. The molecule has 1 N–H and O–H groups in total. The highest BCUT2D eigenvalue weighted by atomic mass is 16.5. The van der Waals surface area contributed by atoms with Gasteiger partial charge in [0.1, 0.15) is 6.10 Å². The lowest BCUT2D eigenvalue weighted by Gasteiger charge is -2.31. The lowest BCUT2D eigenvalue weighted by Crippen LogP contribution is -2.28. The summed E-state index contributed by atoms with van der Waals surface area (Å²) in [6.07, 6.45) is 8.33. The molecule has 2 nitrogen and oxygen atoms in total. The molecule has 0 spiro atoms. The van der Waals surface area contributed by atoms with Crippen molar-refractivity contribution in [1.82, 2.24) is 0 Å². The van der Waals surface area contributed by atoms with Gasteiger partial charge in [0.2, 0.25) is 0 Å². The van der Waals surface area contributed by atoms with E-state index in [0.29, 0.717) is 18.6 Å². The number of benzene rings is 1. The van der Waals surface area contributed by atoms with Crippen molar-refractivity contribution in [2.75, 3.05) is 6.61 Å². The van der Waals surface area contributed by atoms with Gasteiger partial charge in [-0.15, -0.1) is 0 Å². The Labute approximate surface area is 129 Å². The van der Waals surface area contributed by atoms with Crippen LogP contribution in [0.3, 0.4) is 0 Å². The predicted molar refractivity (Wildman–Crippen MR) is 87.4 cm³/mol. The molecule has 21 heavy (non-hydrogen) atoms. The highest BCUT2D eigenvalue weighted by Crippen LogP contribution is 2.30. The molecule has 3 unspecified atom stereocenters. The summed E-state index contributed by atoms with van der Waals surface area (Å²) >= 11 is 0. The van der Waals surface area contributed by atoms with E-state index < -0.39 is 6.10 Å². The van der Waals surface area contributed by atoms with Gasteiger partial charge >= 0.3 is 0 Å². The van der Waals surface area contributed by atoms with Crippen LogP contribution in [0.4, 0.5) is 0 Å². The van der Waals surface area contributed by atoms with E-state index in [2.05, 4.69) is 26.0 Å². The molecule has 1 saturated carbocycles. The van der Waals surface area contributed by atoms with Gasteiger partial charge in [0.05, 0.1) is 12.7 Å². The van der Waals surface area contributed by atoms with Crippen LogP contribution < -0.4 is 0 Å². The van der Waals surface area contributed by atoms with Crippen LogP contribution in [0.25, 0.3) is 0 Å². The van der Waals surface area contributed by atoms with E-state index in [1.807, 2.05) is 12.1 Å². The smallest absolute Gasteiger partial charge is 0.102 e. The zero-order valence-corrected chi connectivity index (χ0v) is 13.6. The largest absolute Gasteiger partial charge is 0.386 e. The minimum atomic E-state index is -0.500. The topological polar surface area (TPSA) is 29.5 Å². The molecule has 0 amide bonds. The fourth-order valence-corrected chi connectivity index (χ4v) is 3.37. The van der Waals surface area contributed by atoms with Crippen LogP contribution in [0.15, 0.2) is 24.3 Å². The normalized spacial score (nSPS) is 24.0. The molecule has 0 aromatic heterocycles. The molecule has 0 aliphatic heterocycles. The first-order valence-electron chi connectivity index (χ1n) is 8.63. The van der Waals surface area contributed by atoms with Crippen molar-refractivity contribution in [3.8, 4) is 0 Å². The molecule has 1 aliphatic rings. The van der Waals surface area contributed by atoms with Gasteiger partial charge in [-0.05, 0) is 36.3 Å². The number of rotatable bonds is 7. The molecule has 2 rings (SSSR count). The number of aliphatic hydroxyl groups excluding tert-OH is 1. The third-order valence-electron chi connectivity index (χ3n) is 4.74. The van der Waals surface area contributed by atoms with Gasteiger partial charge < -0.3 is 9.84 Å². The average Bonchev–Trinajstić information content (AvgIpc) is 2.54. The van der Waals surface area contributed by atoms with Crippen molar-refractivity contribution >= 4 is 0 Å². The summed E-state index contributed by atoms with van der Waals surface area (Å²) in [7, 11) is 0. The first-order valence-corrected chi connectivity index (χ1v) is 8.63. The Balaban J connectivity index is 1.84. The summed E-state index contributed by atoms with van der Waals surface area (Å²) < 4.78 is 6.03. The second-order valence-electron chi connectivity index (χ2n) is 6.33. The number of hydrogen-bond acceptors (Lipinski definition) is 2. The number of aliphatic hydroxyl groups is 1. The molecule has 3 atom stereocenters. The van der Waals surface area contributed by atoms with Crippen molar-refractivity contribution in [1.29, 1.82) is 0 Å². The van der Waals surface area contributed by atoms with Crippen molar-refractivity contribution in [3.05, 3.63) is 35.4 Å². The molecular weight excluding hydrogens is 260 g/mol. The second-order valence-corrected chi connectivity index (χ2v) is 6.33. The zero-order chi connectivity index (χ0) is 15.1. The van der Waals surface area contributed by atoms with Gasteiger partial charge in [0, 0.05) is 0 Å². The van der Waals surface area contributed by atoms with Gasteiger partial charge in [-0.2, -0.15) is 0 Å². The van der Waals surface area contributed by atoms with Crippen LogP contribution >= 0.6 is 0 Å². The summed E-state index contributed by atoms with van der Waals surface area (Å²) in [6.45, 7) is 4.86. The molecule has 0 radical (unpaired) electrons. The molecule has 1 fully saturated rings. The Hall–Kier alpha value is -0.860. The maximum atomic E-state index is 10.3. The molecule has 1 aliphatic carbocycles. The summed E-state index contributed by atoms with van der Waals surface area (Å²) in [6, 6.07) is 8.32. The number of aryl methyl sites for hydroxylation is 1. The average molecular weight is 290 g/mol. The van der Waals surface area contributed by atoms with E-state index in [1.165, 1.54) is 31.2 Å². The minimum absolute atomic E-state index is 0.345. The van der Waals surface area contributed by atoms with E-state index in [4.69, 9.17) is 4.74 Å². The van der Waals surface area contributed by atoms with Crippen LogP contribution in [-0.2, 0) is 11.2 Å². The fraction of sp³-hybridized carbons (Fsp3) is 0.684. The van der Waals surface area contributed by atoms with Crippen LogP contribution in [0.2, 0.25) is 0 Å². The van der Waals surface area contributed by atoms with E-state index in [0.717, 1.165) is 24.8 Å². The van der Waals surface area contributed by atoms with Gasteiger partial charge in [-0.25, -0.2) is 0 Å². The first kappa shape index (κ1) is 16.5. The maximum Gasteiger partial charge on any atom is 0.102 e. The SMILES string of the molecule is CCCc1ccc(C(O)COC2CCCCC2CC)cc1. The standard InChI is InChI=1S/C19H30O2/c1-3-7-15-10-12-17(13-11-15)18(20)14-21-19-9-6-5-8-16(19)4-2/h10-13,16,18-20H,3-9,14H2,1-2H3. The van der Waals surface area contributed by atoms with E-state index in [1.54, 1.807) is 0 Å². The molecule has 0 saturated heterocycles. The summed E-state index contributed by atoms with van der Waals surface area (Å²) in [5, 5.41) is 10.3. The van der Waals surface area contributed by atoms with Crippen LogP contribution in [0, 0.1) is 5.92 Å². The first-order chi connectivity index (χ1) is 10.2. The highest BCUT2D eigenvalue weighted by Gasteiger charge is 2.25. The van der Waals surface area contributed by atoms with Gasteiger partial charge in [-0.3, -0.25) is 0 Å². The third-order valence-corrected chi connectivity index (χ3v) is 4.74. The van der Waals surface area contributed by atoms with E-state index >= 15 is 0 Å². The zero-order valence-electron chi connectivity index (χ0n) is 13.6. The Morgan fingerprint density at radius 1 is 1.14 bits per heavy atom. The Morgan fingerprint density at radius 3 is 2.52 bits per heavy atom. The molecule has 0 heterocycles. The second kappa shape index (κ2) is 8.55. The van der Waals surface area contributed by atoms with Crippen molar-refractivity contribution in [2.45, 2.75) is 71.0 Å².